The zero-order valence-electron chi connectivity index (χ0n) is 15.2. The highest BCUT2D eigenvalue weighted by atomic mass is 32.2. The molecule has 3 heteroatoms. The SMILES string of the molecule is CSc1ccccc1N=Cc1ccc2c(c1)C(C)CC(C)(C)N2C. The van der Waals surface area contributed by atoms with Crippen LogP contribution in [0.5, 0.6) is 0 Å². The van der Waals surface area contributed by atoms with Crippen molar-refractivity contribution in [2.75, 3.05) is 18.2 Å². The van der Waals surface area contributed by atoms with Crippen molar-refractivity contribution in [2.45, 2.75) is 43.5 Å². The van der Waals surface area contributed by atoms with Crippen molar-refractivity contribution in [3.8, 4) is 0 Å². The van der Waals surface area contributed by atoms with E-state index >= 15 is 0 Å². The Morgan fingerprint density at radius 2 is 1.96 bits per heavy atom. The Labute approximate surface area is 150 Å². The average molecular weight is 339 g/mol. The summed E-state index contributed by atoms with van der Waals surface area (Å²) in [6.45, 7) is 6.97. The molecule has 126 valence electrons. The molecule has 1 aliphatic rings. The van der Waals surface area contributed by atoms with Gasteiger partial charge in [0, 0.05) is 29.4 Å². The van der Waals surface area contributed by atoms with E-state index in [4.69, 9.17) is 4.99 Å². The van der Waals surface area contributed by atoms with Gasteiger partial charge in [-0.3, -0.25) is 4.99 Å². The summed E-state index contributed by atoms with van der Waals surface area (Å²) < 4.78 is 0. The number of fused-ring (bicyclic) bond motifs is 1. The topological polar surface area (TPSA) is 15.6 Å². The highest BCUT2D eigenvalue weighted by molar-refractivity contribution is 7.98. The van der Waals surface area contributed by atoms with Gasteiger partial charge in [0.05, 0.1) is 5.69 Å². The second-order valence-electron chi connectivity index (χ2n) is 7.22. The zero-order chi connectivity index (χ0) is 17.3. The number of hydrogen-bond donors (Lipinski definition) is 0. The molecule has 0 spiro atoms. The predicted octanol–water partition coefficient (Wildman–Crippen LogP) is 5.88. The smallest absolute Gasteiger partial charge is 0.0765 e. The van der Waals surface area contributed by atoms with Gasteiger partial charge in [-0.15, -0.1) is 11.8 Å². The minimum Gasteiger partial charge on any atom is -0.369 e. The lowest BCUT2D eigenvalue weighted by Crippen LogP contribution is -2.45. The van der Waals surface area contributed by atoms with E-state index in [0.29, 0.717) is 5.92 Å². The summed E-state index contributed by atoms with van der Waals surface area (Å²) in [5, 5.41) is 0. The van der Waals surface area contributed by atoms with Crippen LogP contribution in [0.25, 0.3) is 0 Å². The molecule has 2 nitrogen and oxygen atoms in total. The maximum absolute atomic E-state index is 4.71. The molecule has 1 unspecified atom stereocenters. The van der Waals surface area contributed by atoms with E-state index < -0.39 is 0 Å². The molecule has 2 aromatic carbocycles. The largest absolute Gasteiger partial charge is 0.369 e. The molecule has 3 rings (SSSR count). The lowest BCUT2D eigenvalue weighted by atomic mass is 9.80. The predicted molar refractivity (Wildman–Crippen MR) is 107 cm³/mol. The first kappa shape index (κ1) is 17.1. The van der Waals surface area contributed by atoms with E-state index in [-0.39, 0.29) is 5.54 Å². The molecule has 1 heterocycles. The minimum atomic E-state index is 0.208. The molecule has 0 bridgehead atoms. The normalized spacial score (nSPS) is 19.5. The second-order valence-corrected chi connectivity index (χ2v) is 8.07. The van der Waals surface area contributed by atoms with Gasteiger partial charge in [0.2, 0.25) is 0 Å². The number of nitrogens with zero attached hydrogens (tertiary/aromatic N) is 2. The van der Waals surface area contributed by atoms with Gasteiger partial charge < -0.3 is 4.90 Å². The Balaban J connectivity index is 1.92. The van der Waals surface area contributed by atoms with Crippen LogP contribution in [-0.4, -0.2) is 25.1 Å². The van der Waals surface area contributed by atoms with Crippen molar-refractivity contribution in [3.05, 3.63) is 53.6 Å². The monoisotopic (exact) mass is 338 g/mol. The fraction of sp³-hybridized carbons (Fsp3) is 0.381. The van der Waals surface area contributed by atoms with Crippen molar-refractivity contribution in [1.82, 2.24) is 0 Å². The summed E-state index contributed by atoms with van der Waals surface area (Å²) in [6.07, 6.45) is 5.25. The van der Waals surface area contributed by atoms with Crippen LogP contribution >= 0.6 is 11.8 Å². The Kier molecular flexibility index (Phi) is 4.73. The van der Waals surface area contributed by atoms with Crippen LogP contribution in [0.4, 0.5) is 11.4 Å². The van der Waals surface area contributed by atoms with E-state index in [9.17, 15) is 0 Å². The number of anilines is 1. The zero-order valence-corrected chi connectivity index (χ0v) is 16.0. The van der Waals surface area contributed by atoms with Crippen molar-refractivity contribution in [1.29, 1.82) is 0 Å². The van der Waals surface area contributed by atoms with Gasteiger partial charge in [0.25, 0.3) is 0 Å². The number of para-hydroxylation sites is 1. The molecule has 0 amide bonds. The van der Waals surface area contributed by atoms with Gasteiger partial charge in [-0.1, -0.05) is 25.1 Å². The Morgan fingerprint density at radius 1 is 1.21 bits per heavy atom. The Bertz CT molecular complexity index is 764. The standard InChI is InChI=1S/C21H26N2S/c1-15-13-21(2,3)23(4)19-11-10-16(12-17(15)19)14-22-18-8-6-7-9-20(18)24-5/h6-12,14-15H,13H2,1-5H3. The molecule has 0 saturated heterocycles. The van der Waals surface area contributed by atoms with Crippen LogP contribution in [0.1, 0.15) is 44.2 Å². The third-order valence-corrected chi connectivity index (χ3v) is 5.88. The number of rotatable bonds is 3. The van der Waals surface area contributed by atoms with Crippen molar-refractivity contribution in [3.63, 3.8) is 0 Å². The maximum atomic E-state index is 4.71. The molecular weight excluding hydrogens is 312 g/mol. The molecule has 0 N–H and O–H groups in total. The number of thioether (sulfide) groups is 1. The molecule has 1 aliphatic heterocycles. The van der Waals surface area contributed by atoms with E-state index in [0.717, 1.165) is 5.69 Å². The molecular formula is C21H26N2S. The van der Waals surface area contributed by atoms with Gasteiger partial charge in [-0.05, 0) is 67.8 Å². The molecule has 24 heavy (non-hydrogen) atoms. The van der Waals surface area contributed by atoms with Crippen LogP contribution < -0.4 is 4.90 Å². The van der Waals surface area contributed by atoms with Crippen LogP contribution in [-0.2, 0) is 0 Å². The van der Waals surface area contributed by atoms with E-state index in [2.05, 4.69) is 75.4 Å². The molecule has 0 aliphatic carbocycles. The molecule has 0 radical (unpaired) electrons. The third kappa shape index (κ3) is 3.23. The second kappa shape index (κ2) is 6.64. The first-order chi connectivity index (χ1) is 11.4. The van der Waals surface area contributed by atoms with Crippen molar-refractivity contribution < 1.29 is 0 Å². The molecule has 2 aromatic rings. The number of aliphatic imine (C=N–C) groups is 1. The molecule has 1 atom stereocenters. The van der Waals surface area contributed by atoms with Crippen molar-refractivity contribution in [2.24, 2.45) is 4.99 Å². The quantitative estimate of drug-likeness (QED) is 0.513. The van der Waals surface area contributed by atoms with E-state index in [1.807, 2.05) is 12.3 Å². The lowest BCUT2D eigenvalue weighted by molar-refractivity contribution is 0.395. The maximum Gasteiger partial charge on any atom is 0.0765 e. The number of hydrogen-bond acceptors (Lipinski definition) is 3. The highest BCUT2D eigenvalue weighted by Crippen LogP contribution is 2.42. The van der Waals surface area contributed by atoms with Crippen LogP contribution in [0.3, 0.4) is 0 Å². The fourth-order valence-electron chi connectivity index (χ4n) is 3.56. The molecule has 0 saturated carbocycles. The highest BCUT2D eigenvalue weighted by Gasteiger charge is 2.33. The van der Waals surface area contributed by atoms with Gasteiger partial charge in [-0.2, -0.15) is 0 Å². The Morgan fingerprint density at radius 3 is 2.71 bits per heavy atom. The molecule has 0 aromatic heterocycles. The van der Waals surface area contributed by atoms with Crippen LogP contribution in [0, 0.1) is 0 Å². The summed E-state index contributed by atoms with van der Waals surface area (Å²) in [5.41, 5.74) is 5.19. The van der Waals surface area contributed by atoms with E-state index in [1.165, 1.54) is 28.1 Å². The minimum absolute atomic E-state index is 0.208. The van der Waals surface area contributed by atoms with E-state index in [1.54, 1.807) is 11.8 Å². The summed E-state index contributed by atoms with van der Waals surface area (Å²) in [6, 6.07) is 15.0. The van der Waals surface area contributed by atoms with Crippen molar-refractivity contribution >= 4 is 29.4 Å². The summed E-state index contributed by atoms with van der Waals surface area (Å²) >= 11 is 1.73. The van der Waals surface area contributed by atoms with Crippen LogP contribution in [0.15, 0.2) is 52.4 Å². The average Bonchev–Trinajstić information content (AvgIpc) is 2.58. The van der Waals surface area contributed by atoms with Gasteiger partial charge >= 0.3 is 0 Å². The first-order valence-corrected chi connectivity index (χ1v) is 9.70. The number of benzene rings is 2. The Hall–Kier alpha value is -1.74. The lowest BCUT2D eigenvalue weighted by Gasteiger charge is -2.45. The summed E-state index contributed by atoms with van der Waals surface area (Å²) in [4.78, 5) is 8.33. The van der Waals surface area contributed by atoms with Crippen LogP contribution in [0.2, 0.25) is 0 Å². The van der Waals surface area contributed by atoms with Gasteiger partial charge in [-0.25, -0.2) is 0 Å². The first-order valence-electron chi connectivity index (χ1n) is 8.47. The molecule has 0 fully saturated rings. The summed E-state index contributed by atoms with van der Waals surface area (Å²) in [7, 11) is 2.20. The third-order valence-electron chi connectivity index (χ3n) is 5.10. The van der Waals surface area contributed by atoms with Gasteiger partial charge in [0.15, 0.2) is 0 Å². The van der Waals surface area contributed by atoms with Gasteiger partial charge in [0.1, 0.15) is 0 Å². The fourth-order valence-corrected chi connectivity index (χ4v) is 4.10. The summed E-state index contributed by atoms with van der Waals surface area (Å²) in [5.74, 6) is 0.568.